The zero-order chi connectivity index (χ0) is 24.8. The van der Waals surface area contributed by atoms with Crippen molar-refractivity contribution in [3.63, 3.8) is 0 Å². The highest BCUT2D eigenvalue weighted by Gasteiger charge is 2.59. The van der Waals surface area contributed by atoms with Crippen LogP contribution in [0.5, 0.6) is 0 Å². The molecular weight excluding hydrogens is 430 g/mol. The molecule has 0 heterocycles. The van der Waals surface area contributed by atoms with Gasteiger partial charge in [0.1, 0.15) is 0 Å². The first-order valence-corrected chi connectivity index (χ1v) is 14.3. The fraction of sp³-hybridized carbons (Fsp3) is 0.719. The molecule has 0 radical (unpaired) electrons. The van der Waals surface area contributed by atoms with Crippen LogP contribution in [-0.2, 0) is 0 Å². The average molecular weight is 476 g/mol. The Morgan fingerprint density at radius 2 is 1.83 bits per heavy atom. The van der Waals surface area contributed by atoms with Gasteiger partial charge in [0.05, 0.1) is 23.3 Å². The molecule has 0 saturated heterocycles. The zero-order valence-electron chi connectivity index (χ0n) is 22.1. The molecule has 4 aliphatic carbocycles. The number of aliphatic hydroxyl groups is 2. The largest absolute Gasteiger partial charge is 0.390 e. The van der Waals surface area contributed by atoms with Gasteiger partial charge in [-0.15, -0.1) is 0 Å². The minimum Gasteiger partial charge on any atom is -0.390 e. The van der Waals surface area contributed by atoms with Gasteiger partial charge in [0.15, 0.2) is 0 Å². The maximum Gasteiger partial charge on any atom is 0.0991 e. The van der Waals surface area contributed by atoms with E-state index < -0.39 is 11.7 Å². The highest BCUT2D eigenvalue weighted by atomic mass is 16.3. The number of nitrogens with zero attached hydrogens (tertiary/aromatic N) is 1. The minimum absolute atomic E-state index is 0.301. The maximum absolute atomic E-state index is 11.0. The van der Waals surface area contributed by atoms with E-state index in [1.54, 1.807) is 17.7 Å². The smallest absolute Gasteiger partial charge is 0.0991 e. The van der Waals surface area contributed by atoms with Gasteiger partial charge in [-0.2, -0.15) is 5.26 Å². The number of nitriles is 1. The van der Waals surface area contributed by atoms with E-state index in [0.29, 0.717) is 16.4 Å². The molecule has 1 aromatic carbocycles. The number of hydrogen-bond acceptors (Lipinski definition) is 3. The van der Waals surface area contributed by atoms with Crippen LogP contribution in [-0.4, -0.2) is 15.8 Å². The van der Waals surface area contributed by atoms with Gasteiger partial charge in [-0.1, -0.05) is 51.0 Å². The molecule has 0 amide bonds. The van der Waals surface area contributed by atoms with Crippen LogP contribution in [0, 0.1) is 45.8 Å². The molecule has 0 bridgehead atoms. The highest BCUT2D eigenvalue weighted by molar-refractivity contribution is 5.32. The van der Waals surface area contributed by atoms with Crippen LogP contribution in [0.4, 0.5) is 0 Å². The molecule has 0 aliphatic heterocycles. The summed E-state index contributed by atoms with van der Waals surface area (Å²) in [5.74, 6) is 3.20. The molecule has 1 aromatic rings. The summed E-state index contributed by atoms with van der Waals surface area (Å²) in [5, 5.41) is 30.7. The molecule has 190 valence electrons. The summed E-state index contributed by atoms with van der Waals surface area (Å²) in [7, 11) is 0. The number of rotatable bonds is 6. The standard InChI is InChI=1S/C32H45NO2/c1-4-32(35)19-18-31(3)25(20-32)12-14-26-27-15-13-24(30(27,2)17-16-28(26)31)6-5-7-29(34)23-10-8-22(21-33)9-11-23/h8-12,24,26-29,34-35H,4-7,13-20H2,1-3H3/t24?,26?,27?,28?,29?,30-,31?,32+/m1/s1. The van der Waals surface area contributed by atoms with Crippen molar-refractivity contribution in [1.29, 1.82) is 5.26 Å². The van der Waals surface area contributed by atoms with Crippen molar-refractivity contribution in [1.82, 2.24) is 0 Å². The molecule has 3 fully saturated rings. The van der Waals surface area contributed by atoms with Gasteiger partial charge in [-0.3, -0.25) is 0 Å². The molecule has 35 heavy (non-hydrogen) atoms. The van der Waals surface area contributed by atoms with Gasteiger partial charge in [-0.25, -0.2) is 0 Å². The predicted octanol–water partition coefficient (Wildman–Crippen LogP) is 7.48. The van der Waals surface area contributed by atoms with Crippen LogP contribution in [0.3, 0.4) is 0 Å². The predicted molar refractivity (Wildman–Crippen MR) is 140 cm³/mol. The van der Waals surface area contributed by atoms with E-state index in [4.69, 9.17) is 5.26 Å². The lowest BCUT2D eigenvalue weighted by atomic mass is 9.46. The number of fused-ring (bicyclic) bond motifs is 5. The second kappa shape index (κ2) is 9.35. The van der Waals surface area contributed by atoms with E-state index in [1.165, 1.54) is 38.5 Å². The first kappa shape index (κ1) is 25.0. The second-order valence-electron chi connectivity index (χ2n) is 13.0. The second-order valence-corrected chi connectivity index (χ2v) is 13.0. The van der Waals surface area contributed by atoms with Crippen molar-refractivity contribution < 1.29 is 10.2 Å². The lowest BCUT2D eigenvalue weighted by Crippen LogP contribution is -2.52. The Morgan fingerprint density at radius 1 is 1.06 bits per heavy atom. The Labute approximate surface area is 212 Å². The first-order valence-electron chi connectivity index (χ1n) is 14.3. The van der Waals surface area contributed by atoms with Gasteiger partial charge in [-0.05, 0) is 123 Å². The third kappa shape index (κ3) is 4.30. The van der Waals surface area contributed by atoms with Crippen molar-refractivity contribution in [3.05, 3.63) is 47.0 Å². The molecule has 2 N–H and O–H groups in total. The van der Waals surface area contributed by atoms with Gasteiger partial charge >= 0.3 is 0 Å². The zero-order valence-corrected chi connectivity index (χ0v) is 22.1. The van der Waals surface area contributed by atoms with E-state index in [2.05, 4.69) is 32.9 Å². The summed E-state index contributed by atoms with van der Waals surface area (Å²) >= 11 is 0. The molecule has 4 aliphatic rings. The molecule has 3 heteroatoms. The summed E-state index contributed by atoms with van der Waals surface area (Å²) in [6.07, 6.45) is 15.8. The molecule has 8 atom stereocenters. The van der Waals surface area contributed by atoms with Crippen molar-refractivity contribution in [2.75, 3.05) is 0 Å². The van der Waals surface area contributed by atoms with Crippen LogP contribution in [0.2, 0.25) is 0 Å². The van der Waals surface area contributed by atoms with Crippen LogP contribution < -0.4 is 0 Å². The van der Waals surface area contributed by atoms with Crippen molar-refractivity contribution in [3.8, 4) is 6.07 Å². The van der Waals surface area contributed by atoms with Gasteiger partial charge in [0, 0.05) is 0 Å². The van der Waals surface area contributed by atoms with Crippen LogP contribution in [0.15, 0.2) is 35.9 Å². The third-order valence-electron chi connectivity index (χ3n) is 11.6. The van der Waals surface area contributed by atoms with E-state index >= 15 is 0 Å². The molecule has 5 rings (SSSR count). The summed E-state index contributed by atoms with van der Waals surface area (Å²) in [5.41, 5.74) is 3.43. The monoisotopic (exact) mass is 475 g/mol. The van der Waals surface area contributed by atoms with Crippen LogP contribution in [0.25, 0.3) is 0 Å². The fourth-order valence-corrected chi connectivity index (χ4v) is 9.10. The Hall–Kier alpha value is -1.63. The van der Waals surface area contributed by atoms with Crippen molar-refractivity contribution in [2.45, 2.75) is 110 Å². The van der Waals surface area contributed by atoms with Crippen molar-refractivity contribution in [2.24, 2.45) is 34.5 Å². The van der Waals surface area contributed by atoms with Gasteiger partial charge in [0.25, 0.3) is 0 Å². The van der Waals surface area contributed by atoms with E-state index in [1.807, 2.05) is 12.1 Å². The summed E-state index contributed by atoms with van der Waals surface area (Å²) in [6.45, 7) is 7.27. The Balaban J connectivity index is 1.22. The number of aliphatic hydroxyl groups excluding tert-OH is 1. The van der Waals surface area contributed by atoms with Gasteiger partial charge < -0.3 is 10.2 Å². The first-order chi connectivity index (χ1) is 16.7. The van der Waals surface area contributed by atoms with Gasteiger partial charge in [0.2, 0.25) is 0 Å². The third-order valence-corrected chi connectivity index (χ3v) is 11.6. The van der Waals surface area contributed by atoms with E-state index in [-0.39, 0.29) is 0 Å². The maximum atomic E-state index is 11.0. The molecular formula is C32H45NO2. The number of hydrogen-bond donors (Lipinski definition) is 2. The molecule has 0 aromatic heterocycles. The Kier molecular flexibility index (Phi) is 6.69. The van der Waals surface area contributed by atoms with Crippen LogP contribution >= 0.6 is 0 Å². The molecule has 0 spiro atoms. The quantitative estimate of drug-likeness (QED) is 0.419. The molecule has 3 saturated carbocycles. The average Bonchev–Trinajstić information content (AvgIpc) is 3.21. The Morgan fingerprint density at radius 3 is 2.54 bits per heavy atom. The van der Waals surface area contributed by atoms with Crippen LogP contribution in [0.1, 0.15) is 115 Å². The summed E-state index contributed by atoms with van der Waals surface area (Å²) in [4.78, 5) is 0. The van der Waals surface area contributed by atoms with E-state index in [0.717, 1.165) is 67.8 Å². The highest BCUT2D eigenvalue weighted by Crippen LogP contribution is 2.67. The number of allylic oxidation sites excluding steroid dienone is 1. The topological polar surface area (TPSA) is 64.2 Å². The Bertz CT molecular complexity index is 992. The normalized spacial score (nSPS) is 41.2. The summed E-state index contributed by atoms with van der Waals surface area (Å²) < 4.78 is 0. The number of benzene rings is 1. The lowest BCUT2D eigenvalue weighted by molar-refractivity contribution is -0.0718. The fourth-order valence-electron chi connectivity index (χ4n) is 9.10. The van der Waals surface area contributed by atoms with Crippen molar-refractivity contribution >= 4 is 0 Å². The SMILES string of the molecule is CC[C@]1(O)CCC2(C)C(=CCC3C2CC[C@]2(C)C(CCCC(O)c4ccc(C#N)cc4)CCC32)C1. The molecule has 3 nitrogen and oxygen atoms in total. The van der Waals surface area contributed by atoms with E-state index in [9.17, 15) is 10.2 Å². The lowest BCUT2D eigenvalue weighted by Gasteiger charge is -2.59. The minimum atomic E-state index is -0.470. The molecule has 6 unspecified atom stereocenters. The summed E-state index contributed by atoms with van der Waals surface area (Å²) in [6, 6.07) is 9.56.